The van der Waals surface area contributed by atoms with Crippen molar-refractivity contribution < 1.29 is 62.1 Å². The summed E-state index contributed by atoms with van der Waals surface area (Å²) in [6, 6.07) is -1.00. The van der Waals surface area contributed by atoms with Crippen LogP contribution in [0, 0.1) is 0 Å². The SMILES string of the molecule is COCCOCCOCCOCCOCCOCCOCCOCCC(=O)N[C@@H](CCCCNC(=O)OC(C)(C)C)C(=O)O. The molecule has 0 rings (SSSR count). The van der Waals surface area contributed by atoms with Crippen LogP contribution in [0.4, 0.5) is 4.79 Å². The molecule has 0 spiro atoms. The smallest absolute Gasteiger partial charge is 0.407 e. The Morgan fingerprint density at radius 2 is 1.05 bits per heavy atom. The fourth-order valence-corrected chi connectivity index (χ4v) is 3.23. The van der Waals surface area contributed by atoms with Gasteiger partial charge in [0.25, 0.3) is 0 Å². The zero-order valence-electron chi connectivity index (χ0n) is 27.1. The molecule has 3 N–H and O–H groups in total. The summed E-state index contributed by atoms with van der Waals surface area (Å²) in [5.74, 6) is -1.51. The number of hydrogen-bond donors (Lipinski definition) is 3. The molecule has 15 heteroatoms. The van der Waals surface area contributed by atoms with Gasteiger partial charge >= 0.3 is 12.1 Å². The van der Waals surface area contributed by atoms with Gasteiger partial charge in [-0.1, -0.05) is 0 Å². The Hall–Kier alpha value is -2.11. The van der Waals surface area contributed by atoms with Gasteiger partial charge in [0, 0.05) is 20.1 Å². The number of rotatable bonds is 31. The number of carbonyl (C=O) groups excluding carboxylic acids is 2. The summed E-state index contributed by atoms with van der Waals surface area (Å²) in [7, 11) is 1.63. The number of hydrogen-bond acceptors (Lipinski definition) is 12. The van der Waals surface area contributed by atoms with Crippen LogP contribution in [0.2, 0.25) is 0 Å². The number of ether oxygens (including phenoxy) is 9. The Bertz CT molecular complexity index is 707. The number of carboxylic acids is 1. The average Bonchev–Trinajstić information content (AvgIpc) is 2.95. The first-order chi connectivity index (χ1) is 21.2. The Morgan fingerprint density at radius 1 is 0.636 bits per heavy atom. The number of carboxylic acid groups (broad SMARTS) is 1. The third-order valence-electron chi connectivity index (χ3n) is 5.36. The molecule has 260 valence electrons. The minimum Gasteiger partial charge on any atom is -0.480 e. The summed E-state index contributed by atoms with van der Waals surface area (Å²) in [6.45, 7) is 12.3. The Balaban J connectivity index is 3.49. The van der Waals surface area contributed by atoms with E-state index in [-0.39, 0.29) is 19.4 Å². The maximum atomic E-state index is 12.1. The van der Waals surface area contributed by atoms with Gasteiger partial charge in [0.15, 0.2) is 0 Å². The van der Waals surface area contributed by atoms with Crippen molar-refractivity contribution in [3.8, 4) is 0 Å². The van der Waals surface area contributed by atoms with E-state index in [1.165, 1.54) is 0 Å². The lowest BCUT2D eigenvalue weighted by Gasteiger charge is -2.19. The van der Waals surface area contributed by atoms with E-state index >= 15 is 0 Å². The van der Waals surface area contributed by atoms with Crippen molar-refractivity contribution >= 4 is 18.0 Å². The van der Waals surface area contributed by atoms with Crippen molar-refractivity contribution in [2.75, 3.05) is 113 Å². The lowest BCUT2D eigenvalue weighted by Crippen LogP contribution is -2.41. The van der Waals surface area contributed by atoms with Crippen LogP contribution in [0.3, 0.4) is 0 Å². The van der Waals surface area contributed by atoms with E-state index in [0.717, 1.165) is 0 Å². The first-order valence-electron chi connectivity index (χ1n) is 15.2. The normalized spacial score (nSPS) is 12.2. The molecule has 0 aliphatic rings. The Morgan fingerprint density at radius 3 is 1.43 bits per heavy atom. The van der Waals surface area contributed by atoms with Gasteiger partial charge in [-0.15, -0.1) is 0 Å². The van der Waals surface area contributed by atoms with Crippen LogP contribution in [-0.2, 0) is 52.2 Å². The highest BCUT2D eigenvalue weighted by molar-refractivity contribution is 5.83. The van der Waals surface area contributed by atoms with Crippen LogP contribution in [0.1, 0.15) is 46.5 Å². The summed E-state index contributed by atoms with van der Waals surface area (Å²) in [4.78, 5) is 35.2. The number of nitrogens with one attached hydrogen (secondary N) is 2. The molecule has 0 saturated carbocycles. The quantitative estimate of drug-likeness (QED) is 0.0927. The van der Waals surface area contributed by atoms with E-state index in [4.69, 9.17) is 42.6 Å². The largest absolute Gasteiger partial charge is 0.480 e. The van der Waals surface area contributed by atoms with Gasteiger partial charge in [0.2, 0.25) is 5.91 Å². The van der Waals surface area contributed by atoms with Crippen molar-refractivity contribution in [1.82, 2.24) is 10.6 Å². The fraction of sp³-hybridized carbons (Fsp3) is 0.897. The van der Waals surface area contributed by atoms with Crippen LogP contribution < -0.4 is 10.6 Å². The summed E-state index contributed by atoms with van der Waals surface area (Å²) in [6.07, 6.45) is 0.834. The van der Waals surface area contributed by atoms with Gasteiger partial charge in [-0.2, -0.15) is 0 Å². The number of unbranched alkanes of at least 4 members (excludes halogenated alkanes) is 1. The first kappa shape index (κ1) is 41.9. The fourth-order valence-electron chi connectivity index (χ4n) is 3.23. The van der Waals surface area contributed by atoms with Gasteiger partial charge < -0.3 is 58.4 Å². The van der Waals surface area contributed by atoms with Crippen LogP contribution in [0.15, 0.2) is 0 Å². The van der Waals surface area contributed by atoms with E-state index in [2.05, 4.69) is 10.6 Å². The van der Waals surface area contributed by atoms with Crippen molar-refractivity contribution in [2.45, 2.75) is 58.1 Å². The van der Waals surface area contributed by atoms with E-state index in [1.54, 1.807) is 27.9 Å². The Labute approximate surface area is 261 Å². The molecule has 0 fully saturated rings. The lowest BCUT2D eigenvalue weighted by atomic mass is 10.1. The van der Waals surface area contributed by atoms with E-state index < -0.39 is 29.6 Å². The molecule has 0 radical (unpaired) electrons. The second kappa shape index (κ2) is 29.6. The number of amides is 2. The van der Waals surface area contributed by atoms with Crippen molar-refractivity contribution in [1.29, 1.82) is 0 Å². The van der Waals surface area contributed by atoms with Crippen molar-refractivity contribution in [3.63, 3.8) is 0 Å². The number of carbonyl (C=O) groups is 3. The van der Waals surface area contributed by atoms with Crippen LogP contribution in [0.5, 0.6) is 0 Å². The van der Waals surface area contributed by atoms with Gasteiger partial charge in [0.05, 0.1) is 99.1 Å². The van der Waals surface area contributed by atoms with E-state index in [0.29, 0.717) is 112 Å². The molecular weight excluding hydrogens is 584 g/mol. The standard InChI is InChI=1S/C29H56N2O13/c1-29(2,3)44-28(35)30-9-6-5-7-25(27(33)34)31-26(32)8-10-37-13-14-39-17-18-41-21-22-43-24-23-42-20-19-40-16-15-38-12-11-36-4/h25H,5-24H2,1-4H3,(H,30,35)(H,31,32)(H,33,34)/t25-/m0/s1. The number of aliphatic carboxylic acids is 1. The monoisotopic (exact) mass is 640 g/mol. The minimum absolute atomic E-state index is 0.0387. The molecule has 0 aromatic heterocycles. The molecule has 0 aliphatic heterocycles. The van der Waals surface area contributed by atoms with Crippen molar-refractivity contribution in [2.24, 2.45) is 0 Å². The molecule has 0 aromatic carbocycles. The van der Waals surface area contributed by atoms with Gasteiger partial charge in [0.1, 0.15) is 11.6 Å². The second-order valence-corrected chi connectivity index (χ2v) is 10.4. The molecule has 0 unspecified atom stereocenters. The number of alkyl carbamates (subject to hydrolysis) is 1. The zero-order valence-corrected chi connectivity index (χ0v) is 27.1. The topological polar surface area (TPSA) is 179 Å². The molecule has 0 saturated heterocycles. The van der Waals surface area contributed by atoms with Crippen molar-refractivity contribution in [3.05, 3.63) is 0 Å². The van der Waals surface area contributed by atoms with E-state index in [9.17, 15) is 19.5 Å². The third kappa shape index (κ3) is 31.3. The summed E-state index contributed by atoms with van der Waals surface area (Å²) in [5.41, 5.74) is -0.583. The maximum absolute atomic E-state index is 12.1. The second-order valence-electron chi connectivity index (χ2n) is 10.4. The first-order valence-corrected chi connectivity index (χ1v) is 15.2. The molecule has 0 heterocycles. The molecule has 15 nitrogen and oxygen atoms in total. The lowest BCUT2D eigenvalue weighted by molar-refractivity contribution is -0.142. The summed E-state index contributed by atoms with van der Waals surface area (Å²) < 4.78 is 47.7. The highest BCUT2D eigenvalue weighted by Gasteiger charge is 2.19. The predicted molar refractivity (Wildman–Crippen MR) is 160 cm³/mol. The molecular formula is C29H56N2O13. The highest BCUT2D eigenvalue weighted by Crippen LogP contribution is 2.07. The zero-order chi connectivity index (χ0) is 32.7. The van der Waals surface area contributed by atoms with Gasteiger partial charge in [-0.3, -0.25) is 4.79 Å². The van der Waals surface area contributed by atoms with Gasteiger partial charge in [-0.25, -0.2) is 9.59 Å². The molecule has 0 aliphatic carbocycles. The Kier molecular flexibility index (Phi) is 28.2. The molecule has 44 heavy (non-hydrogen) atoms. The molecule has 0 bridgehead atoms. The molecule has 2 amide bonds. The highest BCUT2D eigenvalue weighted by atomic mass is 16.6. The van der Waals surface area contributed by atoms with E-state index in [1.807, 2.05) is 0 Å². The average molecular weight is 641 g/mol. The molecule has 0 aromatic rings. The maximum Gasteiger partial charge on any atom is 0.407 e. The number of methoxy groups -OCH3 is 1. The molecule has 1 atom stereocenters. The summed E-state index contributed by atoms with van der Waals surface area (Å²) >= 11 is 0. The van der Waals surface area contributed by atoms with Crippen LogP contribution in [0.25, 0.3) is 0 Å². The minimum atomic E-state index is -1.11. The van der Waals surface area contributed by atoms with Crippen LogP contribution in [-0.4, -0.2) is 147 Å². The van der Waals surface area contributed by atoms with Gasteiger partial charge in [-0.05, 0) is 40.0 Å². The summed E-state index contributed by atoms with van der Waals surface area (Å²) in [5, 5.41) is 14.5. The third-order valence-corrected chi connectivity index (χ3v) is 5.36. The predicted octanol–water partition coefficient (Wildman–Crippen LogP) is 1.40. The van der Waals surface area contributed by atoms with Crippen LogP contribution >= 0.6 is 0 Å².